The number of anilines is 1. The second kappa shape index (κ2) is 5.23. The average molecular weight is 263 g/mol. The van der Waals surface area contributed by atoms with Crippen molar-refractivity contribution < 1.29 is 9.59 Å². The fourth-order valence-electron chi connectivity index (χ4n) is 1.17. The van der Waals surface area contributed by atoms with Crippen LogP contribution in [-0.2, 0) is 0 Å². The number of nitrogens with zero attached hydrogens (tertiary/aromatic N) is 2. The van der Waals surface area contributed by atoms with Crippen molar-refractivity contribution >= 4 is 29.0 Å². The van der Waals surface area contributed by atoms with E-state index in [-0.39, 0.29) is 11.5 Å². The van der Waals surface area contributed by atoms with Crippen LogP contribution in [0.3, 0.4) is 0 Å². The highest BCUT2D eigenvalue weighted by Crippen LogP contribution is 2.07. The Bertz CT molecular complexity index is 569. The van der Waals surface area contributed by atoms with Crippen LogP contribution in [0.25, 0.3) is 0 Å². The van der Waals surface area contributed by atoms with Gasteiger partial charge in [-0.1, -0.05) is 6.07 Å². The molecule has 8 heteroatoms. The number of nitrogens with two attached hydrogens (primary N) is 1. The van der Waals surface area contributed by atoms with Crippen molar-refractivity contribution in [2.24, 2.45) is 0 Å². The van der Waals surface area contributed by atoms with E-state index in [4.69, 9.17) is 5.73 Å². The van der Waals surface area contributed by atoms with Crippen molar-refractivity contribution in [3.8, 4) is 0 Å². The second-order valence-electron chi connectivity index (χ2n) is 3.18. The van der Waals surface area contributed by atoms with Crippen molar-refractivity contribution in [2.75, 3.05) is 5.73 Å². The third kappa shape index (κ3) is 2.61. The van der Waals surface area contributed by atoms with Gasteiger partial charge in [-0.05, 0) is 11.4 Å². The molecule has 0 bridgehead atoms. The molecule has 0 saturated heterocycles. The van der Waals surface area contributed by atoms with E-state index >= 15 is 0 Å². The number of thiophene rings is 1. The van der Waals surface area contributed by atoms with Gasteiger partial charge in [-0.2, -0.15) is 0 Å². The molecule has 92 valence electrons. The molecule has 2 amide bonds. The molecule has 7 nitrogen and oxygen atoms in total. The van der Waals surface area contributed by atoms with Gasteiger partial charge in [-0.3, -0.25) is 20.4 Å². The van der Waals surface area contributed by atoms with Crippen LogP contribution in [0.15, 0.2) is 29.9 Å². The summed E-state index contributed by atoms with van der Waals surface area (Å²) in [7, 11) is 0. The van der Waals surface area contributed by atoms with E-state index in [0.717, 1.165) is 0 Å². The van der Waals surface area contributed by atoms with Crippen LogP contribution in [-0.4, -0.2) is 21.8 Å². The average Bonchev–Trinajstić information content (AvgIpc) is 2.90. The maximum absolute atomic E-state index is 11.6. The smallest absolute Gasteiger partial charge is 0.292 e. The molecule has 2 aromatic heterocycles. The standard InChI is InChI=1S/C10H9N5O2S/c11-8-7(12-3-4-13-8)10(17)15-14-9(16)6-2-1-5-18-6/h1-5H,(H2,11,13)(H,14,16)(H,15,17). The van der Waals surface area contributed by atoms with E-state index in [2.05, 4.69) is 20.8 Å². The number of amides is 2. The van der Waals surface area contributed by atoms with E-state index in [1.165, 1.54) is 23.7 Å². The molecule has 2 rings (SSSR count). The summed E-state index contributed by atoms with van der Waals surface area (Å²) >= 11 is 1.27. The maximum atomic E-state index is 11.6. The van der Waals surface area contributed by atoms with Crippen molar-refractivity contribution in [3.63, 3.8) is 0 Å². The lowest BCUT2D eigenvalue weighted by atomic mass is 10.4. The number of hydrazine groups is 1. The number of hydrogen-bond acceptors (Lipinski definition) is 6. The number of nitrogen functional groups attached to an aromatic ring is 1. The van der Waals surface area contributed by atoms with Crippen molar-refractivity contribution in [2.45, 2.75) is 0 Å². The zero-order valence-corrected chi connectivity index (χ0v) is 9.90. The predicted molar refractivity (Wildman–Crippen MR) is 65.7 cm³/mol. The first kappa shape index (κ1) is 12.0. The summed E-state index contributed by atoms with van der Waals surface area (Å²) in [6.07, 6.45) is 2.71. The van der Waals surface area contributed by atoms with Gasteiger partial charge in [-0.15, -0.1) is 11.3 Å². The Kier molecular flexibility index (Phi) is 3.49. The summed E-state index contributed by atoms with van der Waals surface area (Å²) in [5.74, 6) is -1.02. The zero-order chi connectivity index (χ0) is 13.0. The van der Waals surface area contributed by atoms with Crippen molar-refractivity contribution in [1.29, 1.82) is 0 Å². The summed E-state index contributed by atoms with van der Waals surface area (Å²) in [6, 6.07) is 3.38. The van der Waals surface area contributed by atoms with Gasteiger partial charge in [0.25, 0.3) is 11.8 Å². The highest BCUT2D eigenvalue weighted by atomic mass is 32.1. The maximum Gasteiger partial charge on any atom is 0.292 e. The molecule has 0 spiro atoms. The summed E-state index contributed by atoms with van der Waals surface area (Å²) in [6.45, 7) is 0. The van der Waals surface area contributed by atoms with Crippen LogP contribution < -0.4 is 16.6 Å². The number of carbonyl (C=O) groups is 2. The van der Waals surface area contributed by atoms with Crippen molar-refractivity contribution in [3.05, 3.63) is 40.5 Å². The number of nitrogens with one attached hydrogen (secondary N) is 2. The molecule has 0 radical (unpaired) electrons. The number of rotatable bonds is 2. The minimum absolute atomic E-state index is 0.000345. The molecule has 0 fully saturated rings. The Morgan fingerprint density at radius 2 is 1.89 bits per heavy atom. The van der Waals surface area contributed by atoms with E-state index in [9.17, 15) is 9.59 Å². The Morgan fingerprint density at radius 3 is 2.56 bits per heavy atom. The van der Waals surface area contributed by atoms with Gasteiger partial charge >= 0.3 is 0 Å². The quantitative estimate of drug-likeness (QED) is 0.670. The minimum atomic E-state index is -0.620. The molecule has 2 aromatic rings. The number of aromatic nitrogens is 2. The fourth-order valence-corrected chi connectivity index (χ4v) is 1.78. The Labute approximate surface area is 106 Å². The molecule has 2 heterocycles. The van der Waals surface area contributed by atoms with Gasteiger partial charge in [0.05, 0.1) is 4.88 Å². The topological polar surface area (TPSA) is 110 Å². The lowest BCUT2D eigenvalue weighted by molar-refractivity contribution is 0.0846. The van der Waals surface area contributed by atoms with Gasteiger partial charge < -0.3 is 5.73 Å². The van der Waals surface area contributed by atoms with E-state index < -0.39 is 11.8 Å². The fraction of sp³-hybridized carbons (Fsp3) is 0. The molecule has 0 atom stereocenters. The Balaban J connectivity index is 1.97. The van der Waals surface area contributed by atoms with Crippen LogP contribution in [0.1, 0.15) is 20.2 Å². The first-order valence-electron chi connectivity index (χ1n) is 4.89. The monoisotopic (exact) mass is 263 g/mol. The lowest BCUT2D eigenvalue weighted by Crippen LogP contribution is -2.42. The van der Waals surface area contributed by atoms with Crippen LogP contribution in [0.5, 0.6) is 0 Å². The van der Waals surface area contributed by atoms with Crippen LogP contribution in [0.4, 0.5) is 5.82 Å². The van der Waals surface area contributed by atoms with Gasteiger partial charge in [-0.25, -0.2) is 9.97 Å². The summed E-state index contributed by atoms with van der Waals surface area (Å²) < 4.78 is 0. The van der Waals surface area contributed by atoms with Crippen LogP contribution in [0.2, 0.25) is 0 Å². The molecule has 0 aromatic carbocycles. The number of carbonyl (C=O) groups excluding carboxylic acids is 2. The van der Waals surface area contributed by atoms with Crippen LogP contribution >= 0.6 is 11.3 Å². The highest BCUT2D eigenvalue weighted by Gasteiger charge is 2.13. The number of hydrogen-bond donors (Lipinski definition) is 3. The molecule has 0 aliphatic rings. The van der Waals surface area contributed by atoms with E-state index in [0.29, 0.717) is 4.88 Å². The summed E-state index contributed by atoms with van der Waals surface area (Å²) in [5.41, 5.74) is 9.91. The highest BCUT2D eigenvalue weighted by molar-refractivity contribution is 7.12. The van der Waals surface area contributed by atoms with E-state index in [1.54, 1.807) is 17.5 Å². The molecular formula is C10H9N5O2S. The molecular weight excluding hydrogens is 254 g/mol. The molecule has 18 heavy (non-hydrogen) atoms. The van der Waals surface area contributed by atoms with Gasteiger partial charge in [0, 0.05) is 12.4 Å². The second-order valence-corrected chi connectivity index (χ2v) is 4.12. The first-order chi connectivity index (χ1) is 8.68. The molecule has 4 N–H and O–H groups in total. The molecule has 0 aliphatic heterocycles. The van der Waals surface area contributed by atoms with Crippen LogP contribution in [0, 0.1) is 0 Å². The lowest BCUT2D eigenvalue weighted by Gasteiger charge is -2.06. The van der Waals surface area contributed by atoms with Gasteiger partial charge in [0.1, 0.15) is 0 Å². The first-order valence-corrected chi connectivity index (χ1v) is 5.77. The molecule has 0 aliphatic carbocycles. The molecule has 0 unspecified atom stereocenters. The largest absolute Gasteiger partial charge is 0.382 e. The Hall–Kier alpha value is -2.48. The van der Waals surface area contributed by atoms with Crippen molar-refractivity contribution in [1.82, 2.24) is 20.8 Å². The van der Waals surface area contributed by atoms with Gasteiger partial charge in [0.2, 0.25) is 0 Å². The zero-order valence-electron chi connectivity index (χ0n) is 9.08. The van der Waals surface area contributed by atoms with E-state index in [1.807, 2.05) is 0 Å². The third-order valence-corrected chi connectivity index (χ3v) is 2.84. The normalized spacial score (nSPS) is 9.78. The summed E-state index contributed by atoms with van der Waals surface area (Å²) in [5, 5.41) is 1.76. The Morgan fingerprint density at radius 1 is 1.17 bits per heavy atom. The minimum Gasteiger partial charge on any atom is -0.382 e. The summed E-state index contributed by atoms with van der Waals surface area (Å²) in [4.78, 5) is 31.2. The molecule has 0 saturated carbocycles. The predicted octanol–water partition coefficient (Wildman–Crippen LogP) is 0.195. The third-order valence-electron chi connectivity index (χ3n) is 1.98. The van der Waals surface area contributed by atoms with Gasteiger partial charge in [0.15, 0.2) is 11.5 Å². The SMILES string of the molecule is Nc1nccnc1C(=O)NNC(=O)c1cccs1.